The first-order chi connectivity index (χ1) is 14.1. The number of benzene rings is 3. The lowest BCUT2D eigenvalue weighted by Gasteiger charge is -2.34. The minimum absolute atomic E-state index is 0.0319. The molecule has 0 unspecified atom stereocenters. The summed E-state index contributed by atoms with van der Waals surface area (Å²) in [6, 6.07) is 26.0. The maximum absolute atomic E-state index is 6.64. The number of ether oxygens (including phenoxy) is 1. The second-order valence-electron chi connectivity index (χ2n) is 7.39. The molecule has 0 spiro atoms. The molecule has 148 valence electrons. The highest BCUT2D eigenvalue weighted by Gasteiger charge is 2.31. The zero-order valence-electron chi connectivity index (χ0n) is 16.0. The number of hydrogen-bond acceptors (Lipinski definition) is 2. The average Bonchev–Trinajstić information content (AvgIpc) is 2.74. The number of halogens is 2. The predicted octanol–water partition coefficient (Wildman–Crippen LogP) is 6.73. The molecular formula is C25H23Cl2NO. The van der Waals surface area contributed by atoms with Crippen LogP contribution in [0.25, 0.3) is 5.57 Å². The Kier molecular flexibility index (Phi) is 6.25. The number of para-hydroxylation sites is 1. The first-order valence-corrected chi connectivity index (χ1v) is 10.5. The van der Waals surface area contributed by atoms with E-state index in [-0.39, 0.29) is 12.0 Å². The van der Waals surface area contributed by atoms with Gasteiger partial charge in [0.15, 0.2) is 0 Å². The van der Waals surface area contributed by atoms with Gasteiger partial charge in [0.2, 0.25) is 0 Å². The Bertz CT molecular complexity index is 1000. The molecule has 1 aliphatic rings. The molecule has 0 saturated heterocycles. The molecule has 2 nitrogen and oxygen atoms in total. The monoisotopic (exact) mass is 423 g/mol. The van der Waals surface area contributed by atoms with Crippen molar-refractivity contribution in [2.45, 2.75) is 24.8 Å². The Hall–Kier alpha value is -2.26. The SMILES string of the molecule is N[C@@H]1CC(COc2ccccc2)=C(c2ccccc2)C[C@H]1c1ccc(Cl)cc1Cl. The van der Waals surface area contributed by atoms with Gasteiger partial charge in [0.05, 0.1) is 0 Å². The summed E-state index contributed by atoms with van der Waals surface area (Å²) in [6.45, 7) is 0.531. The lowest BCUT2D eigenvalue weighted by atomic mass is 9.75. The predicted molar refractivity (Wildman–Crippen MR) is 122 cm³/mol. The smallest absolute Gasteiger partial charge is 0.119 e. The molecule has 3 aromatic carbocycles. The summed E-state index contributed by atoms with van der Waals surface area (Å²) < 4.78 is 6.07. The summed E-state index contributed by atoms with van der Waals surface area (Å²) in [5.41, 5.74) is 11.4. The maximum Gasteiger partial charge on any atom is 0.119 e. The highest BCUT2D eigenvalue weighted by Crippen LogP contribution is 2.42. The summed E-state index contributed by atoms with van der Waals surface area (Å²) in [6.07, 6.45) is 1.58. The molecule has 0 aliphatic heterocycles. The molecule has 0 fully saturated rings. The largest absolute Gasteiger partial charge is 0.489 e. The van der Waals surface area contributed by atoms with E-state index in [0.717, 1.165) is 24.2 Å². The molecule has 0 aromatic heterocycles. The molecule has 4 rings (SSSR count). The third-order valence-corrected chi connectivity index (χ3v) is 6.05. The van der Waals surface area contributed by atoms with Crippen LogP contribution in [0.15, 0.2) is 84.4 Å². The molecule has 0 bridgehead atoms. The Morgan fingerprint density at radius 3 is 2.24 bits per heavy atom. The standard InChI is InChI=1S/C25H23Cl2NO/c26-19-11-12-21(24(27)14-19)23-15-22(17-7-3-1-4-8-17)18(13-25(23)28)16-29-20-9-5-2-6-10-20/h1-12,14,23,25H,13,15-16,28H2/t23-,25+/m0/s1. The molecule has 4 heteroatoms. The van der Waals surface area contributed by atoms with Crippen molar-refractivity contribution in [3.05, 3.63) is 106 Å². The average molecular weight is 424 g/mol. The van der Waals surface area contributed by atoms with E-state index < -0.39 is 0 Å². The van der Waals surface area contributed by atoms with Gasteiger partial charge in [0.25, 0.3) is 0 Å². The van der Waals surface area contributed by atoms with Crippen molar-refractivity contribution in [3.8, 4) is 5.75 Å². The fourth-order valence-corrected chi connectivity index (χ4v) is 4.55. The Balaban J connectivity index is 1.67. The lowest BCUT2D eigenvalue weighted by molar-refractivity contribution is 0.338. The number of allylic oxidation sites excluding steroid dienone is 1. The van der Waals surface area contributed by atoms with Crippen molar-refractivity contribution in [2.75, 3.05) is 6.61 Å². The van der Waals surface area contributed by atoms with E-state index in [1.807, 2.05) is 48.5 Å². The van der Waals surface area contributed by atoms with E-state index in [0.29, 0.717) is 16.7 Å². The van der Waals surface area contributed by atoms with Crippen molar-refractivity contribution in [1.29, 1.82) is 0 Å². The lowest BCUT2D eigenvalue weighted by Crippen LogP contribution is -2.34. The van der Waals surface area contributed by atoms with Crippen LogP contribution < -0.4 is 10.5 Å². The topological polar surface area (TPSA) is 35.2 Å². The summed E-state index contributed by atoms with van der Waals surface area (Å²) in [5.74, 6) is 0.999. The van der Waals surface area contributed by atoms with E-state index in [1.165, 1.54) is 16.7 Å². The fraction of sp³-hybridized carbons (Fsp3) is 0.200. The molecule has 0 amide bonds. The van der Waals surface area contributed by atoms with Gasteiger partial charge in [0, 0.05) is 22.0 Å². The maximum atomic E-state index is 6.64. The number of nitrogens with two attached hydrogens (primary N) is 1. The molecule has 1 aliphatic carbocycles. The molecular weight excluding hydrogens is 401 g/mol. The summed E-state index contributed by atoms with van der Waals surface area (Å²) in [7, 11) is 0. The van der Waals surface area contributed by atoms with Gasteiger partial charge in [-0.1, -0.05) is 77.8 Å². The Labute approximate surface area is 181 Å². The molecule has 2 N–H and O–H groups in total. The van der Waals surface area contributed by atoms with Crippen molar-refractivity contribution < 1.29 is 4.74 Å². The van der Waals surface area contributed by atoms with Crippen LogP contribution >= 0.6 is 23.2 Å². The van der Waals surface area contributed by atoms with Gasteiger partial charge in [-0.05, 0) is 59.4 Å². The minimum atomic E-state index is -0.0319. The van der Waals surface area contributed by atoms with Crippen LogP contribution in [-0.2, 0) is 0 Å². The van der Waals surface area contributed by atoms with Crippen LogP contribution in [0.5, 0.6) is 5.75 Å². The Morgan fingerprint density at radius 1 is 0.862 bits per heavy atom. The summed E-state index contributed by atoms with van der Waals surface area (Å²) in [4.78, 5) is 0. The van der Waals surface area contributed by atoms with Crippen LogP contribution in [0.2, 0.25) is 10.0 Å². The first-order valence-electron chi connectivity index (χ1n) is 9.76. The van der Waals surface area contributed by atoms with Crippen molar-refractivity contribution in [1.82, 2.24) is 0 Å². The Morgan fingerprint density at radius 2 is 1.55 bits per heavy atom. The molecule has 29 heavy (non-hydrogen) atoms. The van der Waals surface area contributed by atoms with Crippen molar-refractivity contribution >= 4 is 28.8 Å². The van der Waals surface area contributed by atoms with Crippen molar-refractivity contribution in [2.24, 2.45) is 5.73 Å². The first kappa shape index (κ1) is 20.0. The van der Waals surface area contributed by atoms with Gasteiger partial charge >= 0.3 is 0 Å². The summed E-state index contributed by atoms with van der Waals surface area (Å²) >= 11 is 12.6. The second kappa shape index (κ2) is 9.04. The van der Waals surface area contributed by atoms with Crippen LogP contribution in [0.3, 0.4) is 0 Å². The molecule has 3 aromatic rings. The van der Waals surface area contributed by atoms with Crippen LogP contribution in [0.4, 0.5) is 0 Å². The van der Waals surface area contributed by atoms with Gasteiger partial charge in [-0.2, -0.15) is 0 Å². The zero-order valence-corrected chi connectivity index (χ0v) is 17.5. The van der Waals surface area contributed by atoms with Gasteiger partial charge in [-0.3, -0.25) is 0 Å². The highest BCUT2D eigenvalue weighted by atomic mass is 35.5. The highest BCUT2D eigenvalue weighted by molar-refractivity contribution is 6.35. The normalized spacial score (nSPS) is 19.3. The molecule has 0 radical (unpaired) electrons. The van der Waals surface area contributed by atoms with Crippen molar-refractivity contribution in [3.63, 3.8) is 0 Å². The molecule has 0 saturated carbocycles. The quantitative estimate of drug-likeness (QED) is 0.493. The second-order valence-corrected chi connectivity index (χ2v) is 8.24. The van der Waals surface area contributed by atoms with E-state index in [4.69, 9.17) is 33.7 Å². The van der Waals surface area contributed by atoms with Crippen LogP contribution in [-0.4, -0.2) is 12.6 Å². The van der Waals surface area contributed by atoms with E-state index >= 15 is 0 Å². The van der Waals surface area contributed by atoms with Crippen LogP contribution in [0, 0.1) is 0 Å². The molecule has 2 atom stereocenters. The number of hydrogen-bond donors (Lipinski definition) is 1. The minimum Gasteiger partial charge on any atom is -0.489 e. The zero-order chi connectivity index (χ0) is 20.2. The fourth-order valence-electron chi connectivity index (χ4n) is 4.00. The van der Waals surface area contributed by atoms with Gasteiger partial charge in [-0.25, -0.2) is 0 Å². The molecule has 0 heterocycles. The third kappa shape index (κ3) is 4.67. The van der Waals surface area contributed by atoms with Gasteiger partial charge in [-0.15, -0.1) is 0 Å². The van der Waals surface area contributed by atoms with E-state index in [9.17, 15) is 0 Å². The third-order valence-electron chi connectivity index (χ3n) is 5.49. The van der Waals surface area contributed by atoms with Gasteiger partial charge in [0.1, 0.15) is 12.4 Å². The van der Waals surface area contributed by atoms with E-state index in [1.54, 1.807) is 6.07 Å². The van der Waals surface area contributed by atoms with E-state index in [2.05, 4.69) is 24.3 Å². The van der Waals surface area contributed by atoms with Crippen LogP contribution in [0.1, 0.15) is 29.9 Å². The van der Waals surface area contributed by atoms with Gasteiger partial charge < -0.3 is 10.5 Å². The number of rotatable bonds is 5. The summed E-state index contributed by atoms with van der Waals surface area (Å²) in [5, 5.41) is 1.31.